The fourth-order valence-corrected chi connectivity index (χ4v) is 3.19. The summed E-state index contributed by atoms with van der Waals surface area (Å²) in [6.45, 7) is 2.51. The van der Waals surface area contributed by atoms with Crippen molar-refractivity contribution in [2.45, 2.75) is 19.9 Å². The molecule has 3 aromatic rings. The molecule has 2 heterocycles. The smallest absolute Gasteiger partial charge is 0.270 e. The van der Waals surface area contributed by atoms with Crippen molar-refractivity contribution in [2.24, 2.45) is 0 Å². The number of carbonyl (C=O) groups excluding carboxylic acids is 1. The average Bonchev–Trinajstić information content (AvgIpc) is 3.19. The van der Waals surface area contributed by atoms with Gasteiger partial charge in [-0.1, -0.05) is 45.5 Å². The molecule has 0 saturated heterocycles. The third-order valence-electron chi connectivity index (χ3n) is 3.33. The van der Waals surface area contributed by atoms with Crippen LogP contribution >= 0.6 is 27.5 Å². The summed E-state index contributed by atoms with van der Waals surface area (Å²) >= 11 is 4.63. The van der Waals surface area contributed by atoms with E-state index in [0.29, 0.717) is 29.4 Å². The molecule has 1 aromatic carbocycles. The van der Waals surface area contributed by atoms with E-state index in [1.807, 2.05) is 31.2 Å². The second kappa shape index (κ2) is 7.01. The molecule has 0 saturated carbocycles. The highest BCUT2D eigenvalue weighted by atomic mass is 79.9. The van der Waals surface area contributed by atoms with Crippen LogP contribution in [0.25, 0.3) is 0 Å². The fourth-order valence-electron chi connectivity index (χ4n) is 2.14. The van der Waals surface area contributed by atoms with E-state index in [1.54, 1.807) is 16.9 Å². The van der Waals surface area contributed by atoms with E-state index in [9.17, 15) is 4.79 Å². The van der Waals surface area contributed by atoms with Crippen molar-refractivity contribution >= 4 is 39.2 Å². The maximum absolute atomic E-state index is 12.4. The van der Waals surface area contributed by atoms with Crippen LogP contribution in [0.4, 0.5) is 5.82 Å². The highest BCUT2D eigenvalue weighted by molar-refractivity contribution is 9.10. The number of carbonyl (C=O) groups is 1. The van der Waals surface area contributed by atoms with Crippen LogP contribution in [0.1, 0.15) is 27.9 Å². The summed E-state index contributed by atoms with van der Waals surface area (Å²) in [5.41, 5.74) is 1.80. The van der Waals surface area contributed by atoms with Gasteiger partial charge in [0, 0.05) is 10.5 Å². The molecule has 1 amide bonds. The van der Waals surface area contributed by atoms with Crippen LogP contribution in [0.5, 0.6) is 0 Å². The molecule has 0 atom stereocenters. The summed E-state index contributed by atoms with van der Waals surface area (Å²) < 4.78 is 6.60. The van der Waals surface area contributed by atoms with E-state index in [2.05, 4.69) is 35.9 Å². The zero-order chi connectivity index (χ0) is 16.2. The number of rotatable bonds is 5. The van der Waals surface area contributed by atoms with Crippen molar-refractivity contribution < 1.29 is 4.79 Å². The summed E-state index contributed by atoms with van der Waals surface area (Å²) in [5.74, 6) is 0.437. The van der Waals surface area contributed by atoms with Crippen molar-refractivity contribution in [3.05, 3.63) is 57.1 Å². The van der Waals surface area contributed by atoms with Gasteiger partial charge < -0.3 is 5.32 Å². The minimum absolute atomic E-state index is 0.203. The van der Waals surface area contributed by atoms with Crippen molar-refractivity contribution in [1.82, 2.24) is 19.4 Å². The predicted octanol–water partition coefficient (Wildman–Crippen LogP) is 3.36. The van der Waals surface area contributed by atoms with Gasteiger partial charge in [0.2, 0.25) is 0 Å². The van der Waals surface area contributed by atoms with Crippen molar-refractivity contribution in [3.63, 3.8) is 0 Å². The molecule has 8 heteroatoms. The highest BCUT2D eigenvalue weighted by Crippen LogP contribution is 2.20. The van der Waals surface area contributed by atoms with E-state index in [4.69, 9.17) is 0 Å². The number of aryl methyl sites for hydroxylation is 1. The average molecular weight is 392 g/mol. The van der Waals surface area contributed by atoms with Gasteiger partial charge in [-0.3, -0.25) is 4.79 Å². The first kappa shape index (κ1) is 15.8. The van der Waals surface area contributed by atoms with Crippen molar-refractivity contribution in [3.8, 4) is 0 Å². The van der Waals surface area contributed by atoms with Crippen molar-refractivity contribution in [1.29, 1.82) is 0 Å². The lowest BCUT2D eigenvalue weighted by Gasteiger charge is -2.10. The summed E-state index contributed by atoms with van der Waals surface area (Å²) in [6, 6.07) is 9.70. The molecule has 2 aromatic heterocycles. The third-order valence-corrected chi connectivity index (χ3v) is 4.87. The standard InChI is InChI=1S/C15H14BrN5OS/c1-2-12-14(23-20-19-12)15(22)18-13-7-8-17-21(13)9-10-5-3-4-6-11(10)16/h3-8H,2,9H2,1H3,(H,18,22). The molecule has 0 spiro atoms. The first-order valence-electron chi connectivity index (χ1n) is 7.07. The zero-order valence-corrected chi connectivity index (χ0v) is 14.8. The van der Waals surface area contributed by atoms with Gasteiger partial charge in [0.05, 0.1) is 18.4 Å². The number of nitrogens with one attached hydrogen (secondary N) is 1. The molecule has 1 N–H and O–H groups in total. The number of hydrogen-bond acceptors (Lipinski definition) is 5. The van der Waals surface area contributed by atoms with E-state index < -0.39 is 0 Å². The van der Waals surface area contributed by atoms with Crippen LogP contribution in [0.15, 0.2) is 41.0 Å². The Morgan fingerprint density at radius 1 is 1.35 bits per heavy atom. The molecule has 6 nitrogen and oxygen atoms in total. The van der Waals surface area contributed by atoms with Crippen LogP contribution in [0.2, 0.25) is 0 Å². The molecule has 0 aliphatic rings. The molecular weight excluding hydrogens is 378 g/mol. The Morgan fingerprint density at radius 2 is 2.17 bits per heavy atom. The molecule has 118 valence electrons. The summed E-state index contributed by atoms with van der Waals surface area (Å²) in [5, 5.41) is 11.1. The minimum atomic E-state index is -0.203. The highest BCUT2D eigenvalue weighted by Gasteiger charge is 2.17. The van der Waals surface area contributed by atoms with Gasteiger partial charge in [0.25, 0.3) is 5.91 Å². The Hall–Kier alpha value is -2.06. The molecule has 0 radical (unpaired) electrons. The Balaban J connectivity index is 1.79. The molecule has 23 heavy (non-hydrogen) atoms. The second-order valence-corrected chi connectivity index (χ2v) is 6.43. The number of hydrogen-bond donors (Lipinski definition) is 1. The molecule has 0 unspecified atom stereocenters. The molecule has 0 bridgehead atoms. The van der Waals surface area contributed by atoms with Crippen molar-refractivity contribution in [2.75, 3.05) is 5.32 Å². The Bertz CT molecular complexity index is 829. The maximum atomic E-state index is 12.4. The van der Waals surface area contributed by atoms with E-state index in [0.717, 1.165) is 21.6 Å². The minimum Gasteiger partial charge on any atom is -0.306 e. The monoisotopic (exact) mass is 391 g/mol. The van der Waals surface area contributed by atoms with Gasteiger partial charge in [0.15, 0.2) is 0 Å². The van der Waals surface area contributed by atoms with Gasteiger partial charge in [-0.05, 0) is 29.6 Å². The lowest BCUT2D eigenvalue weighted by atomic mass is 10.2. The van der Waals surface area contributed by atoms with E-state index in [1.165, 1.54) is 0 Å². The van der Waals surface area contributed by atoms with Crippen LogP contribution in [-0.2, 0) is 13.0 Å². The maximum Gasteiger partial charge on any atom is 0.270 e. The number of amides is 1. The predicted molar refractivity (Wildman–Crippen MR) is 92.7 cm³/mol. The second-order valence-electron chi connectivity index (χ2n) is 4.82. The van der Waals surface area contributed by atoms with Gasteiger partial charge >= 0.3 is 0 Å². The van der Waals surface area contributed by atoms with Crippen LogP contribution in [0.3, 0.4) is 0 Å². The number of nitrogens with zero attached hydrogens (tertiary/aromatic N) is 4. The number of aromatic nitrogens is 4. The number of benzene rings is 1. The molecule has 0 fully saturated rings. The third kappa shape index (κ3) is 3.48. The van der Waals surface area contributed by atoms with E-state index >= 15 is 0 Å². The Kier molecular flexibility index (Phi) is 4.82. The fraction of sp³-hybridized carbons (Fsp3) is 0.200. The SMILES string of the molecule is CCc1nnsc1C(=O)Nc1ccnn1Cc1ccccc1Br. The molecule has 0 aliphatic heterocycles. The largest absolute Gasteiger partial charge is 0.306 e. The summed E-state index contributed by atoms with van der Waals surface area (Å²) in [6.07, 6.45) is 2.34. The topological polar surface area (TPSA) is 72.7 Å². The Morgan fingerprint density at radius 3 is 2.96 bits per heavy atom. The first-order valence-corrected chi connectivity index (χ1v) is 8.63. The van der Waals surface area contributed by atoms with Gasteiger partial charge in [0.1, 0.15) is 10.7 Å². The van der Waals surface area contributed by atoms with Gasteiger partial charge in [-0.25, -0.2) is 4.68 Å². The van der Waals surface area contributed by atoms with Crippen LogP contribution in [0, 0.1) is 0 Å². The van der Waals surface area contributed by atoms with Gasteiger partial charge in [-0.2, -0.15) is 5.10 Å². The lowest BCUT2D eigenvalue weighted by molar-refractivity contribution is 0.102. The number of anilines is 1. The molecule has 0 aliphatic carbocycles. The first-order chi connectivity index (χ1) is 11.2. The van der Waals surface area contributed by atoms with Crippen LogP contribution < -0.4 is 5.32 Å². The van der Waals surface area contributed by atoms with Crippen LogP contribution in [-0.4, -0.2) is 25.3 Å². The summed E-state index contributed by atoms with van der Waals surface area (Å²) in [4.78, 5) is 12.9. The normalized spacial score (nSPS) is 10.7. The zero-order valence-electron chi connectivity index (χ0n) is 12.4. The molecular formula is C15H14BrN5OS. The van der Waals surface area contributed by atoms with Gasteiger partial charge in [-0.15, -0.1) is 5.10 Å². The number of halogens is 1. The quantitative estimate of drug-likeness (QED) is 0.723. The molecule has 3 rings (SSSR count). The lowest BCUT2D eigenvalue weighted by Crippen LogP contribution is -2.16. The summed E-state index contributed by atoms with van der Waals surface area (Å²) in [7, 11) is 0. The Labute approximate surface area is 145 Å². The van der Waals surface area contributed by atoms with E-state index in [-0.39, 0.29) is 5.91 Å².